The number of piperidine rings is 1. The standard InChI is InChI=1S/C19H25NO5/c1-19(24-9-10-25-19)14-11-16-17(21)8-7-15(14)20(16)18(22)23-12-13-5-3-2-4-6-13/h2-6,14-17,21H,7-12H2,1H3/t14-,15+,16+,17-/m0/s1. The fourth-order valence-electron chi connectivity index (χ4n) is 4.56. The number of hydrogen-bond donors (Lipinski definition) is 1. The Balaban J connectivity index is 1.49. The number of aliphatic hydroxyl groups excluding tert-OH is 1. The van der Waals surface area contributed by atoms with Crippen LogP contribution in [0.2, 0.25) is 0 Å². The fraction of sp³-hybridized carbons (Fsp3) is 0.632. The number of rotatable bonds is 3. The van der Waals surface area contributed by atoms with Crippen LogP contribution in [0, 0.1) is 5.92 Å². The van der Waals surface area contributed by atoms with Crippen LogP contribution < -0.4 is 0 Å². The van der Waals surface area contributed by atoms with Gasteiger partial charge in [-0.05, 0) is 31.7 Å². The molecule has 1 N–H and O–H groups in total. The molecule has 1 amide bonds. The van der Waals surface area contributed by atoms with Crippen LogP contribution in [-0.2, 0) is 20.8 Å². The van der Waals surface area contributed by atoms with Gasteiger partial charge in [0.05, 0.1) is 25.4 Å². The van der Waals surface area contributed by atoms with E-state index in [2.05, 4.69) is 0 Å². The average Bonchev–Trinajstić information content (AvgIpc) is 3.19. The summed E-state index contributed by atoms with van der Waals surface area (Å²) in [4.78, 5) is 14.5. The summed E-state index contributed by atoms with van der Waals surface area (Å²) in [5, 5.41) is 10.4. The molecule has 25 heavy (non-hydrogen) atoms. The number of nitrogens with zero attached hydrogens (tertiary/aromatic N) is 1. The Kier molecular flexibility index (Phi) is 4.43. The molecular weight excluding hydrogens is 322 g/mol. The molecule has 3 heterocycles. The molecule has 3 saturated heterocycles. The van der Waals surface area contributed by atoms with E-state index in [4.69, 9.17) is 14.2 Å². The first-order valence-electron chi connectivity index (χ1n) is 9.03. The van der Waals surface area contributed by atoms with Crippen molar-refractivity contribution >= 4 is 6.09 Å². The highest BCUT2D eigenvalue weighted by Gasteiger charge is 2.57. The van der Waals surface area contributed by atoms with Crippen LogP contribution in [0.3, 0.4) is 0 Å². The summed E-state index contributed by atoms with van der Waals surface area (Å²) in [5.74, 6) is -0.622. The second kappa shape index (κ2) is 6.59. The third kappa shape index (κ3) is 3.03. The number of aliphatic hydroxyl groups is 1. The van der Waals surface area contributed by atoms with E-state index in [9.17, 15) is 9.90 Å². The van der Waals surface area contributed by atoms with Crippen molar-refractivity contribution in [3.63, 3.8) is 0 Å². The van der Waals surface area contributed by atoms with Gasteiger partial charge in [0.2, 0.25) is 0 Å². The molecule has 0 radical (unpaired) electrons. The normalized spacial score (nSPS) is 33.4. The largest absolute Gasteiger partial charge is 0.445 e. The number of fused-ring (bicyclic) bond motifs is 2. The zero-order valence-corrected chi connectivity index (χ0v) is 14.5. The highest BCUT2D eigenvalue weighted by Crippen LogP contribution is 2.47. The Labute approximate surface area is 147 Å². The van der Waals surface area contributed by atoms with E-state index in [1.165, 1.54) is 0 Å². The molecule has 3 aliphatic heterocycles. The number of carbonyl (C=O) groups is 1. The number of benzene rings is 1. The molecule has 0 aromatic heterocycles. The third-order valence-corrected chi connectivity index (χ3v) is 5.83. The fourth-order valence-corrected chi connectivity index (χ4v) is 4.56. The van der Waals surface area contributed by atoms with Gasteiger partial charge >= 0.3 is 6.09 Å². The van der Waals surface area contributed by atoms with Crippen molar-refractivity contribution in [2.75, 3.05) is 13.2 Å². The average molecular weight is 347 g/mol. The van der Waals surface area contributed by atoms with Crippen LogP contribution in [0.15, 0.2) is 30.3 Å². The van der Waals surface area contributed by atoms with E-state index < -0.39 is 11.9 Å². The van der Waals surface area contributed by atoms with Gasteiger partial charge in [0.15, 0.2) is 5.79 Å². The predicted molar refractivity (Wildman–Crippen MR) is 89.7 cm³/mol. The lowest BCUT2D eigenvalue weighted by Gasteiger charge is -2.39. The van der Waals surface area contributed by atoms with Gasteiger partial charge in [-0.15, -0.1) is 0 Å². The van der Waals surface area contributed by atoms with Crippen LogP contribution >= 0.6 is 0 Å². The molecule has 3 fully saturated rings. The van der Waals surface area contributed by atoms with Crippen LogP contribution in [-0.4, -0.2) is 53.3 Å². The monoisotopic (exact) mass is 347 g/mol. The summed E-state index contributed by atoms with van der Waals surface area (Å²) in [6.45, 7) is 3.34. The number of hydrogen-bond acceptors (Lipinski definition) is 5. The molecule has 136 valence electrons. The molecule has 1 aromatic rings. The third-order valence-electron chi connectivity index (χ3n) is 5.83. The molecule has 2 bridgehead atoms. The highest BCUT2D eigenvalue weighted by molar-refractivity contribution is 5.69. The van der Waals surface area contributed by atoms with Crippen molar-refractivity contribution in [2.45, 2.75) is 56.8 Å². The van der Waals surface area contributed by atoms with Gasteiger partial charge in [-0.2, -0.15) is 0 Å². The molecule has 0 spiro atoms. The van der Waals surface area contributed by atoms with Crippen molar-refractivity contribution in [1.29, 1.82) is 0 Å². The second-order valence-corrected chi connectivity index (χ2v) is 7.28. The molecule has 0 aliphatic carbocycles. The second-order valence-electron chi connectivity index (χ2n) is 7.28. The molecule has 0 unspecified atom stereocenters. The summed E-state index contributed by atoms with van der Waals surface area (Å²) < 4.78 is 17.2. The van der Waals surface area contributed by atoms with Crippen LogP contribution in [0.1, 0.15) is 31.7 Å². The molecular formula is C19H25NO5. The zero-order chi connectivity index (χ0) is 17.4. The van der Waals surface area contributed by atoms with E-state index >= 15 is 0 Å². The SMILES string of the molecule is CC1([C@H]2C[C@@H]3[C@@H](O)CC[C@H]2N3C(=O)OCc2ccccc2)OCCO1. The van der Waals surface area contributed by atoms with E-state index in [1.54, 1.807) is 4.90 Å². The first kappa shape index (κ1) is 16.8. The maximum absolute atomic E-state index is 12.8. The van der Waals surface area contributed by atoms with Gasteiger partial charge in [0.1, 0.15) is 6.61 Å². The maximum atomic E-state index is 12.8. The smallest absolute Gasteiger partial charge is 0.410 e. The zero-order valence-electron chi connectivity index (χ0n) is 14.5. The molecule has 3 aliphatic rings. The van der Waals surface area contributed by atoms with Gasteiger partial charge in [-0.25, -0.2) is 4.79 Å². The first-order valence-corrected chi connectivity index (χ1v) is 9.03. The van der Waals surface area contributed by atoms with E-state index in [0.29, 0.717) is 26.1 Å². The Hall–Kier alpha value is -1.63. The Bertz CT molecular complexity index is 616. The summed E-state index contributed by atoms with van der Waals surface area (Å²) in [7, 11) is 0. The Morgan fingerprint density at radius 3 is 2.68 bits per heavy atom. The quantitative estimate of drug-likeness (QED) is 0.909. The van der Waals surface area contributed by atoms with E-state index in [1.807, 2.05) is 37.3 Å². The first-order chi connectivity index (χ1) is 12.1. The summed E-state index contributed by atoms with van der Waals surface area (Å²) in [6, 6.07) is 9.39. The summed E-state index contributed by atoms with van der Waals surface area (Å²) in [5.41, 5.74) is 0.951. The van der Waals surface area contributed by atoms with Gasteiger partial charge in [-0.3, -0.25) is 4.90 Å². The number of carbonyl (C=O) groups excluding carboxylic acids is 1. The van der Waals surface area contributed by atoms with Crippen molar-refractivity contribution in [3.05, 3.63) is 35.9 Å². The minimum Gasteiger partial charge on any atom is -0.445 e. The van der Waals surface area contributed by atoms with Crippen LogP contribution in [0.4, 0.5) is 4.79 Å². The Morgan fingerprint density at radius 1 is 1.24 bits per heavy atom. The van der Waals surface area contributed by atoms with Crippen molar-refractivity contribution in [2.24, 2.45) is 5.92 Å². The summed E-state index contributed by atoms with van der Waals surface area (Å²) >= 11 is 0. The van der Waals surface area contributed by atoms with Crippen LogP contribution in [0.25, 0.3) is 0 Å². The lowest BCUT2D eigenvalue weighted by molar-refractivity contribution is -0.186. The minimum atomic E-state index is -0.679. The molecule has 6 heteroatoms. The molecule has 0 saturated carbocycles. The van der Waals surface area contributed by atoms with Crippen molar-refractivity contribution in [1.82, 2.24) is 4.90 Å². The number of ether oxygens (including phenoxy) is 3. The number of amides is 1. The Morgan fingerprint density at radius 2 is 1.96 bits per heavy atom. The van der Waals surface area contributed by atoms with Crippen LogP contribution in [0.5, 0.6) is 0 Å². The van der Waals surface area contributed by atoms with Crippen molar-refractivity contribution in [3.8, 4) is 0 Å². The molecule has 1 aromatic carbocycles. The predicted octanol–water partition coefficient (Wildman–Crippen LogP) is 2.30. The maximum Gasteiger partial charge on any atom is 0.410 e. The molecule has 4 rings (SSSR count). The van der Waals surface area contributed by atoms with Gasteiger partial charge in [-0.1, -0.05) is 30.3 Å². The lowest BCUT2D eigenvalue weighted by atomic mass is 9.90. The van der Waals surface area contributed by atoms with E-state index in [0.717, 1.165) is 12.0 Å². The van der Waals surface area contributed by atoms with E-state index in [-0.39, 0.29) is 30.7 Å². The molecule has 4 atom stereocenters. The highest BCUT2D eigenvalue weighted by atomic mass is 16.7. The van der Waals surface area contributed by atoms with Gasteiger partial charge < -0.3 is 19.3 Å². The minimum absolute atomic E-state index is 0.0141. The topological polar surface area (TPSA) is 68.2 Å². The lowest BCUT2D eigenvalue weighted by Crippen LogP contribution is -2.52. The van der Waals surface area contributed by atoms with Crippen molar-refractivity contribution < 1.29 is 24.1 Å². The van der Waals surface area contributed by atoms with Gasteiger partial charge in [0, 0.05) is 12.0 Å². The molecule has 6 nitrogen and oxygen atoms in total. The van der Waals surface area contributed by atoms with Gasteiger partial charge in [0.25, 0.3) is 0 Å². The summed E-state index contributed by atoms with van der Waals surface area (Å²) in [6.07, 6.45) is 1.25.